The lowest BCUT2D eigenvalue weighted by molar-refractivity contribution is -0.143. The van der Waals surface area contributed by atoms with Gasteiger partial charge < -0.3 is 9.64 Å². The quantitative estimate of drug-likeness (QED) is 0.804. The van der Waals surface area contributed by atoms with Crippen LogP contribution < -0.4 is 4.90 Å². The lowest BCUT2D eigenvalue weighted by atomic mass is 9.90. The van der Waals surface area contributed by atoms with Crippen LogP contribution >= 0.6 is 0 Å². The lowest BCUT2D eigenvalue weighted by Gasteiger charge is -2.46. The number of amides is 1. The van der Waals surface area contributed by atoms with Crippen molar-refractivity contribution < 1.29 is 17.9 Å². The van der Waals surface area contributed by atoms with Crippen molar-refractivity contribution in [2.24, 2.45) is 0 Å². The van der Waals surface area contributed by atoms with Crippen LogP contribution in [0, 0.1) is 0 Å². The number of nitrogens with zero attached hydrogens (tertiary/aromatic N) is 3. The zero-order valence-electron chi connectivity index (χ0n) is 13.4. The zero-order chi connectivity index (χ0) is 16.8. The van der Waals surface area contributed by atoms with E-state index in [9.17, 15) is 13.2 Å². The molecule has 1 aliphatic carbocycles. The highest BCUT2D eigenvalue weighted by molar-refractivity contribution is 7.90. The van der Waals surface area contributed by atoms with Gasteiger partial charge in [0.25, 0.3) is 5.91 Å². The van der Waals surface area contributed by atoms with Crippen molar-refractivity contribution >= 4 is 21.6 Å². The first-order valence-corrected chi connectivity index (χ1v) is 9.84. The van der Waals surface area contributed by atoms with Crippen LogP contribution in [0.1, 0.15) is 25.7 Å². The molecule has 7 nitrogen and oxygen atoms in total. The van der Waals surface area contributed by atoms with Gasteiger partial charge in [0.1, 0.15) is 6.61 Å². The van der Waals surface area contributed by atoms with Crippen LogP contribution in [-0.4, -0.2) is 60.7 Å². The Hall–Kier alpha value is -1.51. The maximum absolute atomic E-state index is 12.4. The number of hydrogen-bond acceptors (Lipinski definition) is 5. The van der Waals surface area contributed by atoms with Gasteiger partial charge in [0, 0.05) is 19.3 Å². The third kappa shape index (κ3) is 2.82. The second-order valence-electron chi connectivity index (χ2n) is 6.81. The summed E-state index contributed by atoms with van der Waals surface area (Å²) in [6, 6.07) is 3.66. The molecule has 0 radical (unpaired) electrons. The Balaban J connectivity index is 1.48. The molecule has 8 heteroatoms. The van der Waals surface area contributed by atoms with E-state index in [0.717, 1.165) is 18.5 Å². The van der Waals surface area contributed by atoms with Gasteiger partial charge >= 0.3 is 0 Å². The Bertz CT molecular complexity index is 725. The summed E-state index contributed by atoms with van der Waals surface area (Å²) < 4.78 is 32.2. The molecule has 2 saturated heterocycles. The predicted octanol–water partition coefficient (Wildman–Crippen LogP) is 0.772. The molecule has 4 rings (SSSR count). The van der Waals surface area contributed by atoms with Crippen molar-refractivity contribution in [3.05, 3.63) is 24.5 Å². The van der Waals surface area contributed by atoms with Gasteiger partial charge in [-0.25, -0.2) is 12.7 Å². The topological polar surface area (TPSA) is 79.8 Å². The van der Waals surface area contributed by atoms with E-state index in [4.69, 9.17) is 4.74 Å². The van der Waals surface area contributed by atoms with E-state index in [1.807, 2.05) is 6.07 Å². The number of hydrogen-bond donors (Lipinski definition) is 0. The summed E-state index contributed by atoms with van der Waals surface area (Å²) in [7, 11) is -3.13. The lowest BCUT2D eigenvalue weighted by Crippen LogP contribution is -2.59. The number of ether oxygens (including phenoxy) is 1. The standard InChI is InChI=1S/C16H21N3O4S/c20-15-11-23-16(12-19(15)13-2-1-7-17-10-13)5-8-18(9-6-16)24(21,22)14-3-4-14/h1-2,7,10,14H,3-6,8-9,11-12H2. The van der Waals surface area contributed by atoms with Gasteiger partial charge in [0.15, 0.2) is 0 Å². The zero-order valence-corrected chi connectivity index (χ0v) is 14.2. The molecule has 0 N–H and O–H groups in total. The first-order valence-electron chi connectivity index (χ1n) is 8.34. The largest absolute Gasteiger partial charge is 0.363 e. The summed E-state index contributed by atoms with van der Waals surface area (Å²) in [6.45, 7) is 1.42. The highest BCUT2D eigenvalue weighted by Crippen LogP contribution is 2.37. The first kappa shape index (κ1) is 16.0. The Kier molecular flexibility index (Phi) is 3.85. The van der Waals surface area contributed by atoms with Crippen LogP contribution in [0.5, 0.6) is 0 Å². The number of rotatable bonds is 3. The second kappa shape index (κ2) is 5.79. The number of carbonyl (C=O) groups is 1. The van der Waals surface area contributed by atoms with Crippen LogP contribution in [0.2, 0.25) is 0 Å². The SMILES string of the molecule is O=C1COC2(CCN(S(=O)(=O)C3CC3)CC2)CN1c1cccnc1. The van der Waals surface area contributed by atoms with Gasteiger partial charge in [0.2, 0.25) is 10.0 Å². The van der Waals surface area contributed by atoms with Gasteiger partial charge in [-0.05, 0) is 37.8 Å². The molecule has 1 spiro atoms. The summed E-state index contributed by atoms with van der Waals surface area (Å²) >= 11 is 0. The minimum Gasteiger partial charge on any atom is -0.363 e. The van der Waals surface area contributed by atoms with Gasteiger partial charge in [-0.3, -0.25) is 9.78 Å². The van der Waals surface area contributed by atoms with Gasteiger partial charge in [0.05, 0.1) is 29.3 Å². The first-order chi connectivity index (χ1) is 11.5. The van der Waals surface area contributed by atoms with Crippen molar-refractivity contribution in [3.8, 4) is 0 Å². The molecule has 0 unspecified atom stereocenters. The summed E-state index contributed by atoms with van der Waals surface area (Å²) in [5.41, 5.74) is 0.303. The maximum Gasteiger partial charge on any atom is 0.253 e. The third-order valence-corrected chi connectivity index (χ3v) is 7.54. The van der Waals surface area contributed by atoms with Crippen molar-refractivity contribution in [3.63, 3.8) is 0 Å². The number of morpholine rings is 1. The van der Waals surface area contributed by atoms with Gasteiger partial charge in [-0.1, -0.05) is 0 Å². The molecule has 3 aliphatic rings. The molecule has 1 aromatic rings. The summed E-state index contributed by atoms with van der Waals surface area (Å²) in [5, 5.41) is -0.174. The summed E-state index contributed by atoms with van der Waals surface area (Å²) in [4.78, 5) is 18.0. The van der Waals surface area contributed by atoms with Crippen LogP contribution in [0.25, 0.3) is 0 Å². The van der Waals surface area contributed by atoms with E-state index < -0.39 is 15.6 Å². The predicted molar refractivity (Wildman–Crippen MR) is 88.0 cm³/mol. The van der Waals surface area contributed by atoms with Crippen LogP contribution in [0.4, 0.5) is 5.69 Å². The number of carbonyl (C=O) groups excluding carboxylic acids is 1. The molecular formula is C16H21N3O4S. The number of pyridine rings is 1. The average Bonchev–Trinajstić information content (AvgIpc) is 3.44. The van der Waals surface area contributed by atoms with Crippen LogP contribution in [0.15, 0.2) is 24.5 Å². The van der Waals surface area contributed by atoms with E-state index in [2.05, 4.69) is 4.98 Å². The number of anilines is 1. The fourth-order valence-corrected chi connectivity index (χ4v) is 5.34. The molecule has 2 aliphatic heterocycles. The van der Waals surface area contributed by atoms with Gasteiger partial charge in [-0.15, -0.1) is 0 Å². The van der Waals surface area contributed by atoms with Gasteiger partial charge in [-0.2, -0.15) is 0 Å². The average molecular weight is 351 g/mol. The Morgan fingerprint density at radius 2 is 2.00 bits per heavy atom. The molecule has 0 atom stereocenters. The van der Waals surface area contributed by atoms with Crippen molar-refractivity contribution in [2.45, 2.75) is 36.5 Å². The van der Waals surface area contributed by atoms with Crippen LogP contribution in [0.3, 0.4) is 0 Å². The Labute approximate surface area is 141 Å². The minimum absolute atomic E-state index is 0.0320. The van der Waals surface area contributed by atoms with Crippen molar-refractivity contribution in [2.75, 3.05) is 31.1 Å². The molecule has 3 heterocycles. The summed E-state index contributed by atoms with van der Waals surface area (Å²) in [5.74, 6) is -0.0818. The Morgan fingerprint density at radius 1 is 1.25 bits per heavy atom. The third-order valence-electron chi connectivity index (χ3n) is 5.15. The molecule has 1 saturated carbocycles. The van der Waals surface area contributed by atoms with E-state index in [-0.39, 0.29) is 17.8 Å². The monoisotopic (exact) mass is 351 g/mol. The summed E-state index contributed by atoms with van der Waals surface area (Å²) in [6.07, 6.45) is 6.13. The number of aromatic nitrogens is 1. The smallest absolute Gasteiger partial charge is 0.253 e. The molecule has 1 aromatic heterocycles. The highest BCUT2D eigenvalue weighted by Gasteiger charge is 2.47. The normalized spacial score (nSPS) is 25.2. The molecular weight excluding hydrogens is 330 g/mol. The molecule has 3 fully saturated rings. The second-order valence-corrected chi connectivity index (χ2v) is 9.02. The number of piperidine rings is 1. The molecule has 24 heavy (non-hydrogen) atoms. The van der Waals surface area contributed by atoms with Crippen LogP contribution in [-0.2, 0) is 19.6 Å². The van der Waals surface area contributed by atoms with E-state index in [0.29, 0.717) is 32.5 Å². The highest BCUT2D eigenvalue weighted by atomic mass is 32.2. The fraction of sp³-hybridized carbons (Fsp3) is 0.625. The van der Waals surface area contributed by atoms with E-state index in [1.165, 1.54) is 0 Å². The molecule has 1 amide bonds. The molecule has 130 valence electrons. The van der Waals surface area contributed by atoms with E-state index in [1.54, 1.807) is 27.7 Å². The number of sulfonamides is 1. The molecule has 0 aromatic carbocycles. The van der Waals surface area contributed by atoms with E-state index >= 15 is 0 Å². The minimum atomic E-state index is -3.13. The van der Waals surface area contributed by atoms with Crippen molar-refractivity contribution in [1.29, 1.82) is 0 Å². The fourth-order valence-electron chi connectivity index (χ4n) is 3.49. The Morgan fingerprint density at radius 3 is 2.62 bits per heavy atom. The maximum atomic E-state index is 12.4. The van der Waals surface area contributed by atoms with Crippen molar-refractivity contribution in [1.82, 2.24) is 9.29 Å². The molecule has 0 bridgehead atoms.